The van der Waals surface area contributed by atoms with Crippen LogP contribution in [0.3, 0.4) is 0 Å². The number of rotatable bonds is 2. The Bertz CT molecular complexity index is 350. The lowest BCUT2D eigenvalue weighted by Gasteiger charge is -2.17. The van der Waals surface area contributed by atoms with E-state index >= 15 is 0 Å². The van der Waals surface area contributed by atoms with Gasteiger partial charge in [0.05, 0.1) is 17.0 Å². The van der Waals surface area contributed by atoms with Crippen LogP contribution in [0.2, 0.25) is 0 Å². The molecule has 84 valence electrons. The van der Waals surface area contributed by atoms with E-state index < -0.39 is 0 Å². The van der Waals surface area contributed by atoms with Gasteiger partial charge in [0, 0.05) is 14.2 Å². The van der Waals surface area contributed by atoms with Crippen LogP contribution in [0.25, 0.3) is 0 Å². The van der Waals surface area contributed by atoms with Crippen molar-refractivity contribution in [2.75, 3.05) is 0 Å². The molecule has 4 heteroatoms. The normalized spacial score (nSPS) is 28.3. The zero-order chi connectivity index (χ0) is 11.0. The Morgan fingerprint density at radius 1 is 1.53 bits per heavy atom. The van der Waals surface area contributed by atoms with Gasteiger partial charge in [-0.3, -0.25) is 0 Å². The summed E-state index contributed by atoms with van der Waals surface area (Å²) < 4.78 is 7.08. The number of ether oxygens (including phenoxy) is 1. The highest BCUT2D eigenvalue weighted by Gasteiger charge is 2.30. The zero-order valence-electron chi connectivity index (χ0n) is 8.80. The van der Waals surface area contributed by atoms with E-state index in [4.69, 9.17) is 4.74 Å². The maximum Gasteiger partial charge on any atom is 0.0762 e. The number of hydrogen-bond donors (Lipinski definition) is 0. The SMILES string of the molecule is Cc1cc(Br)c(C(Br)C2CCC(C)O2)s1. The number of aryl methyl sites for hydroxylation is 1. The largest absolute Gasteiger partial charge is 0.374 e. The first-order chi connectivity index (χ1) is 7.08. The fourth-order valence-electron chi connectivity index (χ4n) is 1.91. The highest BCUT2D eigenvalue weighted by atomic mass is 79.9. The molecule has 0 aliphatic carbocycles. The van der Waals surface area contributed by atoms with Gasteiger partial charge in [-0.05, 0) is 48.7 Å². The van der Waals surface area contributed by atoms with Gasteiger partial charge in [0.1, 0.15) is 0 Å². The molecule has 1 fully saturated rings. The highest BCUT2D eigenvalue weighted by Crippen LogP contribution is 2.42. The van der Waals surface area contributed by atoms with Gasteiger partial charge in [0.25, 0.3) is 0 Å². The minimum Gasteiger partial charge on any atom is -0.374 e. The summed E-state index contributed by atoms with van der Waals surface area (Å²) in [5, 5.41) is 0. The van der Waals surface area contributed by atoms with Crippen LogP contribution in [-0.4, -0.2) is 12.2 Å². The lowest BCUT2D eigenvalue weighted by Crippen LogP contribution is -2.13. The Balaban J connectivity index is 2.13. The summed E-state index contributed by atoms with van der Waals surface area (Å²) in [6, 6.07) is 2.17. The molecule has 1 saturated heterocycles. The molecule has 2 heterocycles. The Labute approximate surface area is 111 Å². The summed E-state index contributed by atoms with van der Waals surface area (Å²) in [5.41, 5.74) is 0. The molecular formula is C11H14Br2OS. The molecule has 0 spiro atoms. The van der Waals surface area contributed by atoms with E-state index in [-0.39, 0.29) is 0 Å². The molecule has 1 aliphatic rings. The molecule has 1 aliphatic heterocycles. The van der Waals surface area contributed by atoms with Crippen LogP contribution in [-0.2, 0) is 4.74 Å². The van der Waals surface area contributed by atoms with Crippen LogP contribution in [0.4, 0.5) is 0 Å². The number of alkyl halides is 1. The zero-order valence-corrected chi connectivity index (χ0v) is 12.8. The summed E-state index contributed by atoms with van der Waals surface area (Å²) >= 11 is 9.20. The van der Waals surface area contributed by atoms with Crippen molar-refractivity contribution in [1.82, 2.24) is 0 Å². The quantitative estimate of drug-likeness (QED) is 0.692. The second-order valence-corrected chi connectivity index (χ2v) is 7.16. The van der Waals surface area contributed by atoms with E-state index in [0.717, 1.165) is 6.42 Å². The van der Waals surface area contributed by atoms with Crippen LogP contribution >= 0.6 is 43.2 Å². The summed E-state index contributed by atoms with van der Waals surface area (Å²) in [5.74, 6) is 0. The first kappa shape index (κ1) is 12.1. The molecule has 1 nitrogen and oxygen atoms in total. The molecule has 15 heavy (non-hydrogen) atoms. The van der Waals surface area contributed by atoms with Crippen molar-refractivity contribution in [3.8, 4) is 0 Å². The lowest BCUT2D eigenvalue weighted by atomic mass is 10.1. The van der Waals surface area contributed by atoms with E-state index in [9.17, 15) is 0 Å². The van der Waals surface area contributed by atoms with E-state index in [1.54, 1.807) is 0 Å². The molecule has 0 amide bonds. The van der Waals surface area contributed by atoms with Crippen molar-refractivity contribution in [1.29, 1.82) is 0 Å². The smallest absolute Gasteiger partial charge is 0.0762 e. The summed E-state index contributed by atoms with van der Waals surface area (Å²) in [6.45, 7) is 4.28. The third kappa shape index (κ3) is 2.65. The van der Waals surface area contributed by atoms with E-state index in [0.29, 0.717) is 17.0 Å². The van der Waals surface area contributed by atoms with Gasteiger partial charge < -0.3 is 4.74 Å². The maximum absolute atomic E-state index is 5.88. The molecule has 0 saturated carbocycles. The van der Waals surface area contributed by atoms with Crippen molar-refractivity contribution < 1.29 is 4.74 Å². The second kappa shape index (κ2) is 4.86. The van der Waals surface area contributed by atoms with Crippen molar-refractivity contribution in [2.24, 2.45) is 0 Å². The third-order valence-corrected chi connectivity index (χ3v) is 6.08. The van der Waals surface area contributed by atoms with Gasteiger partial charge in [-0.25, -0.2) is 0 Å². The standard InChI is InChI=1S/C11H14Br2OS/c1-6-3-4-9(14-6)10(13)11-8(12)5-7(2)15-11/h5-6,9-10H,3-4H2,1-2H3. The van der Waals surface area contributed by atoms with Crippen LogP contribution in [0, 0.1) is 6.92 Å². The number of hydrogen-bond acceptors (Lipinski definition) is 2. The van der Waals surface area contributed by atoms with Gasteiger partial charge >= 0.3 is 0 Å². The Morgan fingerprint density at radius 3 is 2.73 bits per heavy atom. The number of halogens is 2. The second-order valence-electron chi connectivity index (χ2n) is 4.03. The highest BCUT2D eigenvalue weighted by molar-refractivity contribution is 9.11. The van der Waals surface area contributed by atoms with Crippen LogP contribution in [0.15, 0.2) is 10.5 Å². The van der Waals surface area contributed by atoms with Gasteiger partial charge in [0.15, 0.2) is 0 Å². The monoisotopic (exact) mass is 352 g/mol. The van der Waals surface area contributed by atoms with Crippen LogP contribution in [0.5, 0.6) is 0 Å². The van der Waals surface area contributed by atoms with Gasteiger partial charge in [-0.2, -0.15) is 0 Å². The molecule has 1 aromatic rings. The maximum atomic E-state index is 5.88. The van der Waals surface area contributed by atoms with Gasteiger partial charge in [0.2, 0.25) is 0 Å². The first-order valence-corrected chi connectivity index (χ1v) is 7.66. The molecule has 1 aromatic heterocycles. The van der Waals surface area contributed by atoms with E-state index in [2.05, 4.69) is 51.8 Å². The topological polar surface area (TPSA) is 9.23 Å². The van der Waals surface area contributed by atoms with Crippen LogP contribution < -0.4 is 0 Å². The average molecular weight is 354 g/mol. The van der Waals surface area contributed by atoms with Crippen molar-refractivity contribution in [2.45, 2.75) is 43.7 Å². The molecule has 3 atom stereocenters. The van der Waals surface area contributed by atoms with E-state index in [1.807, 2.05) is 11.3 Å². The Hall–Kier alpha value is 0.620. The molecule has 3 unspecified atom stereocenters. The first-order valence-electron chi connectivity index (χ1n) is 5.13. The predicted molar refractivity (Wildman–Crippen MR) is 72.0 cm³/mol. The van der Waals surface area contributed by atoms with Crippen molar-refractivity contribution in [3.63, 3.8) is 0 Å². The van der Waals surface area contributed by atoms with E-state index in [1.165, 1.54) is 20.6 Å². The molecule has 0 bridgehead atoms. The summed E-state index contributed by atoms with van der Waals surface area (Å²) in [4.78, 5) is 3.02. The minimum absolute atomic E-state index is 0.328. The number of thiophene rings is 1. The Morgan fingerprint density at radius 2 is 2.27 bits per heavy atom. The average Bonchev–Trinajstić information content (AvgIpc) is 2.71. The minimum atomic E-state index is 0.328. The summed E-state index contributed by atoms with van der Waals surface area (Å²) in [7, 11) is 0. The molecule has 0 N–H and O–H groups in total. The Kier molecular flexibility index (Phi) is 3.92. The van der Waals surface area contributed by atoms with Gasteiger partial charge in [-0.15, -0.1) is 11.3 Å². The predicted octanol–water partition coefficient (Wildman–Crippen LogP) is 4.82. The van der Waals surface area contributed by atoms with Gasteiger partial charge in [-0.1, -0.05) is 15.9 Å². The lowest BCUT2D eigenvalue weighted by molar-refractivity contribution is 0.0560. The van der Waals surface area contributed by atoms with Crippen LogP contribution in [0.1, 0.15) is 34.3 Å². The fraction of sp³-hybridized carbons (Fsp3) is 0.636. The third-order valence-electron chi connectivity index (χ3n) is 2.68. The summed E-state index contributed by atoms with van der Waals surface area (Å²) in [6.07, 6.45) is 3.07. The molecule has 2 rings (SSSR count). The fourth-order valence-corrected chi connectivity index (χ4v) is 5.06. The molecule has 0 radical (unpaired) electrons. The molecular weight excluding hydrogens is 340 g/mol. The van der Waals surface area contributed by atoms with Crippen molar-refractivity contribution >= 4 is 43.2 Å². The van der Waals surface area contributed by atoms with Crippen molar-refractivity contribution in [3.05, 3.63) is 20.3 Å². The molecule has 0 aromatic carbocycles.